The van der Waals surface area contributed by atoms with Gasteiger partial charge >= 0.3 is 6.09 Å². The molecular weight excluding hydrogens is 196 g/mol. The van der Waals surface area contributed by atoms with Gasteiger partial charge in [0.25, 0.3) is 0 Å². The molecule has 1 atom stereocenters. The maximum Gasteiger partial charge on any atom is 0.407 e. The molecule has 0 aromatic carbocycles. The summed E-state index contributed by atoms with van der Waals surface area (Å²) in [6, 6.07) is 0. The Kier molecular flexibility index (Phi) is 2.60. The lowest BCUT2D eigenvalue weighted by molar-refractivity contribution is -0.0659. The van der Waals surface area contributed by atoms with Gasteiger partial charge in [0.2, 0.25) is 0 Å². The summed E-state index contributed by atoms with van der Waals surface area (Å²) in [6.07, 6.45) is 1.42. The molecular formula is C10H18N2O3. The molecule has 1 saturated heterocycles. The summed E-state index contributed by atoms with van der Waals surface area (Å²) in [5.41, 5.74) is 0.0914. The van der Waals surface area contributed by atoms with Crippen LogP contribution in [0.5, 0.6) is 0 Å². The minimum atomic E-state index is -0.835. The van der Waals surface area contributed by atoms with Gasteiger partial charge in [-0.1, -0.05) is 0 Å². The highest BCUT2D eigenvalue weighted by Gasteiger charge is 2.53. The van der Waals surface area contributed by atoms with E-state index in [1.807, 2.05) is 14.1 Å². The van der Waals surface area contributed by atoms with Crippen LogP contribution in [0, 0.1) is 0 Å². The summed E-state index contributed by atoms with van der Waals surface area (Å²) in [4.78, 5) is 14.5. The third kappa shape index (κ3) is 1.81. The molecule has 1 unspecified atom stereocenters. The number of likely N-dealkylation sites (N-methyl/N-ethyl adjacent to an activating group) is 1. The summed E-state index contributed by atoms with van der Waals surface area (Å²) >= 11 is 0. The van der Waals surface area contributed by atoms with Gasteiger partial charge in [0.05, 0.1) is 19.3 Å². The van der Waals surface area contributed by atoms with E-state index in [-0.39, 0.29) is 11.6 Å². The first-order valence-corrected chi connectivity index (χ1v) is 5.33. The van der Waals surface area contributed by atoms with Crippen LogP contribution in [0.4, 0.5) is 4.79 Å². The average Bonchev–Trinajstić information content (AvgIpc) is 2.98. The highest BCUT2D eigenvalue weighted by Crippen LogP contribution is 2.45. The van der Waals surface area contributed by atoms with Crippen molar-refractivity contribution in [3.63, 3.8) is 0 Å². The van der Waals surface area contributed by atoms with Crippen LogP contribution in [0.25, 0.3) is 0 Å². The third-order valence-corrected chi connectivity index (χ3v) is 3.59. The minimum Gasteiger partial charge on any atom is -0.465 e. The molecule has 1 amide bonds. The van der Waals surface area contributed by atoms with E-state index in [9.17, 15) is 4.79 Å². The van der Waals surface area contributed by atoms with Gasteiger partial charge in [-0.2, -0.15) is 0 Å². The first-order chi connectivity index (χ1) is 7.06. The summed E-state index contributed by atoms with van der Waals surface area (Å²) in [5.74, 6) is 0. The number of rotatable bonds is 2. The average molecular weight is 214 g/mol. The molecule has 0 radical (unpaired) electrons. The van der Waals surface area contributed by atoms with Crippen molar-refractivity contribution in [2.24, 2.45) is 0 Å². The fourth-order valence-corrected chi connectivity index (χ4v) is 2.33. The molecule has 1 N–H and O–H groups in total. The van der Waals surface area contributed by atoms with Gasteiger partial charge in [-0.3, -0.25) is 0 Å². The predicted molar refractivity (Wildman–Crippen MR) is 55.0 cm³/mol. The van der Waals surface area contributed by atoms with E-state index >= 15 is 0 Å². The zero-order valence-corrected chi connectivity index (χ0v) is 9.27. The molecule has 1 aliphatic heterocycles. The smallest absolute Gasteiger partial charge is 0.407 e. The zero-order chi connectivity index (χ0) is 11.1. The number of nitrogens with zero attached hydrogens (tertiary/aromatic N) is 2. The number of carbonyl (C=O) groups is 1. The first-order valence-electron chi connectivity index (χ1n) is 5.33. The van der Waals surface area contributed by atoms with E-state index in [1.165, 1.54) is 4.90 Å². The standard InChI is InChI=1S/C10H18N2O3/c1-11(2)10(3-4-10)8-7-12(9(13)14)5-6-15-8/h8H,3-7H2,1-2H3,(H,13,14). The Hall–Kier alpha value is -0.810. The second kappa shape index (κ2) is 3.64. The Morgan fingerprint density at radius 2 is 2.20 bits per heavy atom. The largest absolute Gasteiger partial charge is 0.465 e. The quantitative estimate of drug-likeness (QED) is 0.725. The van der Waals surface area contributed by atoms with Gasteiger partial charge in [-0.25, -0.2) is 4.79 Å². The van der Waals surface area contributed by atoms with E-state index in [2.05, 4.69) is 4.90 Å². The van der Waals surface area contributed by atoms with Gasteiger partial charge in [-0.05, 0) is 26.9 Å². The Morgan fingerprint density at radius 1 is 1.53 bits per heavy atom. The molecule has 1 aliphatic carbocycles. The number of amides is 1. The van der Waals surface area contributed by atoms with Crippen molar-refractivity contribution in [2.75, 3.05) is 33.8 Å². The SMILES string of the molecule is CN(C)C1(C2CN(C(=O)O)CCO2)CC1. The van der Waals surface area contributed by atoms with Crippen molar-refractivity contribution in [1.29, 1.82) is 0 Å². The van der Waals surface area contributed by atoms with Gasteiger partial charge in [0.15, 0.2) is 0 Å². The van der Waals surface area contributed by atoms with E-state index < -0.39 is 6.09 Å². The van der Waals surface area contributed by atoms with Crippen LogP contribution >= 0.6 is 0 Å². The van der Waals surface area contributed by atoms with E-state index in [0.717, 1.165) is 12.8 Å². The molecule has 5 heteroatoms. The summed E-state index contributed by atoms with van der Waals surface area (Å²) in [6.45, 7) is 1.52. The van der Waals surface area contributed by atoms with Gasteiger partial charge in [0.1, 0.15) is 0 Å². The molecule has 0 aromatic heterocycles. The van der Waals surface area contributed by atoms with Crippen LogP contribution in [-0.2, 0) is 4.74 Å². The molecule has 2 aliphatic rings. The lowest BCUT2D eigenvalue weighted by Gasteiger charge is -2.38. The number of ether oxygens (including phenoxy) is 1. The molecule has 86 valence electrons. The molecule has 5 nitrogen and oxygen atoms in total. The van der Waals surface area contributed by atoms with Crippen LogP contribution < -0.4 is 0 Å². The number of hydrogen-bond acceptors (Lipinski definition) is 3. The number of hydrogen-bond donors (Lipinski definition) is 1. The van der Waals surface area contributed by atoms with Crippen molar-refractivity contribution in [3.8, 4) is 0 Å². The molecule has 0 aromatic rings. The fraction of sp³-hybridized carbons (Fsp3) is 0.900. The molecule has 0 spiro atoms. The second-order valence-corrected chi connectivity index (χ2v) is 4.59. The number of carboxylic acid groups (broad SMARTS) is 1. The predicted octanol–water partition coefficient (Wildman–Crippen LogP) is 0.459. The molecule has 1 heterocycles. The maximum atomic E-state index is 10.9. The van der Waals surface area contributed by atoms with Gasteiger partial charge in [-0.15, -0.1) is 0 Å². The van der Waals surface area contributed by atoms with E-state index in [4.69, 9.17) is 9.84 Å². The van der Waals surface area contributed by atoms with Gasteiger partial charge < -0.3 is 19.6 Å². The van der Waals surface area contributed by atoms with Crippen LogP contribution in [0.15, 0.2) is 0 Å². The highest BCUT2D eigenvalue weighted by molar-refractivity contribution is 5.65. The third-order valence-electron chi connectivity index (χ3n) is 3.59. The molecule has 2 fully saturated rings. The first kappa shape index (κ1) is 10.7. The lowest BCUT2D eigenvalue weighted by atomic mass is 10.1. The lowest BCUT2D eigenvalue weighted by Crippen LogP contribution is -2.54. The van der Waals surface area contributed by atoms with Crippen molar-refractivity contribution < 1.29 is 14.6 Å². The maximum absolute atomic E-state index is 10.9. The van der Waals surface area contributed by atoms with Crippen molar-refractivity contribution in [1.82, 2.24) is 9.80 Å². The Morgan fingerprint density at radius 3 is 2.67 bits per heavy atom. The van der Waals surface area contributed by atoms with E-state index in [1.54, 1.807) is 0 Å². The highest BCUT2D eigenvalue weighted by atomic mass is 16.5. The van der Waals surface area contributed by atoms with E-state index in [0.29, 0.717) is 19.7 Å². The molecule has 15 heavy (non-hydrogen) atoms. The molecule has 2 rings (SSSR count). The van der Waals surface area contributed by atoms with Crippen LogP contribution in [0.1, 0.15) is 12.8 Å². The summed E-state index contributed by atoms with van der Waals surface area (Å²) in [5, 5.41) is 8.94. The monoisotopic (exact) mass is 214 g/mol. The Bertz CT molecular complexity index is 263. The molecule has 0 bridgehead atoms. The van der Waals surface area contributed by atoms with Crippen LogP contribution in [0.3, 0.4) is 0 Å². The minimum absolute atomic E-state index is 0.0392. The van der Waals surface area contributed by atoms with Crippen molar-refractivity contribution >= 4 is 6.09 Å². The van der Waals surface area contributed by atoms with Crippen LogP contribution in [-0.4, -0.2) is 66.4 Å². The topological polar surface area (TPSA) is 53.0 Å². The summed E-state index contributed by atoms with van der Waals surface area (Å²) in [7, 11) is 4.08. The Labute approximate surface area is 89.6 Å². The van der Waals surface area contributed by atoms with Crippen molar-refractivity contribution in [2.45, 2.75) is 24.5 Å². The fourth-order valence-electron chi connectivity index (χ4n) is 2.33. The second-order valence-electron chi connectivity index (χ2n) is 4.59. The van der Waals surface area contributed by atoms with Crippen LogP contribution in [0.2, 0.25) is 0 Å². The zero-order valence-electron chi connectivity index (χ0n) is 9.27. The summed E-state index contributed by atoms with van der Waals surface area (Å²) < 4.78 is 5.70. The van der Waals surface area contributed by atoms with Crippen molar-refractivity contribution in [3.05, 3.63) is 0 Å². The Balaban J connectivity index is 2.01. The normalized spacial score (nSPS) is 29.3. The van der Waals surface area contributed by atoms with Gasteiger partial charge in [0, 0.05) is 12.1 Å². The number of morpholine rings is 1. The molecule has 1 saturated carbocycles.